The largest absolute Gasteiger partial charge is 0.356 e. The molecule has 1 aliphatic rings. The Bertz CT molecular complexity index is 635. The van der Waals surface area contributed by atoms with Crippen LogP contribution >= 0.6 is 0 Å². The first-order chi connectivity index (χ1) is 10.6. The minimum atomic E-state index is 0.395. The molecule has 0 radical (unpaired) electrons. The van der Waals surface area contributed by atoms with Gasteiger partial charge in [0.15, 0.2) is 5.82 Å². The van der Waals surface area contributed by atoms with E-state index in [1.807, 2.05) is 19.2 Å². The summed E-state index contributed by atoms with van der Waals surface area (Å²) in [7, 11) is 0. The van der Waals surface area contributed by atoms with E-state index >= 15 is 0 Å². The monoisotopic (exact) mass is 300 g/mol. The second-order valence-corrected chi connectivity index (χ2v) is 6.64. The van der Waals surface area contributed by atoms with Crippen molar-refractivity contribution < 1.29 is 4.52 Å². The molecule has 5 nitrogen and oxygen atoms in total. The van der Waals surface area contributed by atoms with E-state index in [9.17, 15) is 0 Å². The summed E-state index contributed by atoms with van der Waals surface area (Å²) in [4.78, 5) is 11.3. The van der Waals surface area contributed by atoms with Crippen LogP contribution in [-0.2, 0) is 0 Å². The molecule has 0 bridgehead atoms. The summed E-state index contributed by atoms with van der Waals surface area (Å²) in [5.41, 5.74) is 1.33. The van der Waals surface area contributed by atoms with Gasteiger partial charge in [-0.05, 0) is 43.7 Å². The van der Waals surface area contributed by atoms with E-state index in [0.29, 0.717) is 17.1 Å². The summed E-state index contributed by atoms with van der Waals surface area (Å²) < 4.78 is 5.26. The number of aromatic nitrogens is 3. The van der Waals surface area contributed by atoms with Crippen molar-refractivity contribution in [3.8, 4) is 11.5 Å². The Kier molecular flexibility index (Phi) is 4.14. The van der Waals surface area contributed by atoms with Crippen LogP contribution in [-0.4, -0.2) is 28.2 Å². The van der Waals surface area contributed by atoms with Crippen LogP contribution in [0.25, 0.3) is 11.5 Å². The van der Waals surface area contributed by atoms with Gasteiger partial charge < -0.3 is 9.42 Å². The van der Waals surface area contributed by atoms with Crippen LogP contribution in [0.4, 0.5) is 5.82 Å². The first kappa shape index (κ1) is 15.0. The fraction of sp³-hybridized carbons (Fsp3) is 0.588. The molecule has 1 unspecified atom stereocenters. The number of aryl methyl sites for hydroxylation is 1. The zero-order chi connectivity index (χ0) is 15.6. The van der Waals surface area contributed by atoms with Crippen molar-refractivity contribution >= 4 is 5.82 Å². The predicted octanol–water partition coefficient (Wildman–Crippen LogP) is 3.85. The molecule has 22 heavy (non-hydrogen) atoms. The maximum Gasteiger partial charge on any atom is 0.258 e. The minimum Gasteiger partial charge on any atom is -0.356 e. The average molecular weight is 300 g/mol. The summed E-state index contributed by atoms with van der Waals surface area (Å²) in [6.07, 6.45) is 6.86. The van der Waals surface area contributed by atoms with Gasteiger partial charge in [-0.3, -0.25) is 0 Å². The van der Waals surface area contributed by atoms with Crippen molar-refractivity contribution in [2.75, 3.05) is 18.0 Å². The van der Waals surface area contributed by atoms with Crippen LogP contribution in [0.5, 0.6) is 0 Å². The number of hydrogen-bond acceptors (Lipinski definition) is 5. The smallest absolute Gasteiger partial charge is 0.258 e. The molecule has 2 aromatic heterocycles. The van der Waals surface area contributed by atoms with Crippen molar-refractivity contribution in [2.24, 2.45) is 5.41 Å². The highest BCUT2D eigenvalue weighted by molar-refractivity contribution is 5.58. The predicted molar refractivity (Wildman–Crippen MR) is 86.7 cm³/mol. The number of rotatable bonds is 4. The third kappa shape index (κ3) is 3.13. The van der Waals surface area contributed by atoms with Gasteiger partial charge >= 0.3 is 0 Å². The number of pyridine rings is 1. The van der Waals surface area contributed by atoms with Gasteiger partial charge in [-0.15, -0.1) is 0 Å². The highest BCUT2D eigenvalue weighted by Crippen LogP contribution is 2.36. The maximum atomic E-state index is 5.26. The summed E-state index contributed by atoms with van der Waals surface area (Å²) in [6.45, 7) is 8.63. The summed E-state index contributed by atoms with van der Waals surface area (Å²) in [5.74, 6) is 2.23. The molecule has 0 saturated carbocycles. The van der Waals surface area contributed by atoms with Crippen LogP contribution in [0.2, 0.25) is 0 Å². The first-order valence-corrected chi connectivity index (χ1v) is 8.11. The van der Waals surface area contributed by atoms with Gasteiger partial charge in [0.2, 0.25) is 0 Å². The Morgan fingerprint density at radius 3 is 3.00 bits per heavy atom. The lowest BCUT2D eigenvalue weighted by molar-refractivity contribution is 0.238. The Balaban J connectivity index is 1.83. The van der Waals surface area contributed by atoms with E-state index in [0.717, 1.165) is 24.5 Å². The second kappa shape index (κ2) is 6.07. The third-order valence-electron chi connectivity index (χ3n) is 4.48. The van der Waals surface area contributed by atoms with E-state index in [-0.39, 0.29) is 0 Å². The van der Waals surface area contributed by atoms with Crippen LogP contribution in [0.3, 0.4) is 0 Å². The lowest BCUT2D eigenvalue weighted by Gasteiger charge is -2.41. The van der Waals surface area contributed by atoms with Gasteiger partial charge in [-0.1, -0.05) is 25.4 Å². The Morgan fingerprint density at radius 1 is 1.41 bits per heavy atom. The molecule has 118 valence electrons. The lowest BCUT2D eigenvalue weighted by atomic mass is 9.78. The maximum absolute atomic E-state index is 5.26. The Labute approximate surface area is 131 Å². The first-order valence-electron chi connectivity index (χ1n) is 8.11. The number of nitrogens with zero attached hydrogens (tertiary/aromatic N) is 4. The van der Waals surface area contributed by atoms with E-state index in [1.54, 1.807) is 0 Å². The van der Waals surface area contributed by atoms with Gasteiger partial charge in [-0.2, -0.15) is 4.98 Å². The second-order valence-electron chi connectivity index (χ2n) is 6.64. The van der Waals surface area contributed by atoms with Gasteiger partial charge in [0.05, 0.1) is 0 Å². The molecule has 0 spiro atoms. The van der Waals surface area contributed by atoms with Crippen molar-refractivity contribution in [1.29, 1.82) is 0 Å². The Morgan fingerprint density at radius 2 is 2.27 bits per heavy atom. The van der Waals surface area contributed by atoms with Crippen LogP contribution in [0, 0.1) is 12.3 Å². The summed E-state index contributed by atoms with van der Waals surface area (Å²) in [5, 5.41) is 3.86. The quantitative estimate of drug-likeness (QED) is 0.858. The normalized spacial score (nSPS) is 22.0. The molecule has 0 aliphatic carbocycles. The van der Waals surface area contributed by atoms with Crippen LogP contribution in [0.15, 0.2) is 22.9 Å². The molecule has 2 aromatic rings. The lowest BCUT2D eigenvalue weighted by Crippen LogP contribution is -2.42. The summed E-state index contributed by atoms with van der Waals surface area (Å²) in [6, 6.07) is 3.98. The topological polar surface area (TPSA) is 55.1 Å². The van der Waals surface area contributed by atoms with E-state index in [4.69, 9.17) is 4.52 Å². The molecule has 1 saturated heterocycles. The van der Waals surface area contributed by atoms with E-state index in [1.165, 1.54) is 25.7 Å². The SMILES string of the molecule is CCCC1(C)CCCN(c2cc(-c3nc(C)no3)ccn2)C1. The van der Waals surface area contributed by atoms with E-state index in [2.05, 4.69) is 39.9 Å². The van der Waals surface area contributed by atoms with Gasteiger partial charge in [0.1, 0.15) is 5.82 Å². The van der Waals surface area contributed by atoms with Gasteiger partial charge in [-0.25, -0.2) is 4.98 Å². The van der Waals surface area contributed by atoms with Crippen molar-refractivity contribution in [1.82, 2.24) is 15.1 Å². The summed E-state index contributed by atoms with van der Waals surface area (Å²) >= 11 is 0. The van der Waals surface area contributed by atoms with Crippen molar-refractivity contribution in [3.05, 3.63) is 24.2 Å². The molecule has 1 aliphatic heterocycles. The van der Waals surface area contributed by atoms with Crippen molar-refractivity contribution in [3.63, 3.8) is 0 Å². The molecule has 5 heteroatoms. The number of hydrogen-bond donors (Lipinski definition) is 0. The molecule has 0 N–H and O–H groups in total. The highest BCUT2D eigenvalue weighted by atomic mass is 16.5. The molecule has 3 rings (SSSR count). The molecule has 3 heterocycles. The molecular weight excluding hydrogens is 276 g/mol. The van der Waals surface area contributed by atoms with Crippen LogP contribution in [0.1, 0.15) is 45.4 Å². The molecule has 0 aromatic carbocycles. The molecule has 1 fully saturated rings. The standard InChI is InChI=1S/C17H24N4O/c1-4-7-17(3)8-5-10-21(12-17)15-11-14(6-9-18-15)16-19-13(2)20-22-16/h6,9,11H,4-5,7-8,10,12H2,1-3H3. The average Bonchev–Trinajstić information content (AvgIpc) is 2.94. The zero-order valence-electron chi connectivity index (χ0n) is 13.7. The molecular formula is C17H24N4O. The highest BCUT2D eigenvalue weighted by Gasteiger charge is 2.30. The molecule has 1 atom stereocenters. The van der Waals surface area contributed by atoms with Gasteiger partial charge in [0, 0.05) is 24.8 Å². The van der Waals surface area contributed by atoms with Crippen LogP contribution < -0.4 is 4.90 Å². The van der Waals surface area contributed by atoms with Gasteiger partial charge in [0.25, 0.3) is 5.89 Å². The minimum absolute atomic E-state index is 0.395. The number of anilines is 1. The van der Waals surface area contributed by atoms with E-state index < -0.39 is 0 Å². The Hall–Kier alpha value is -1.91. The molecule has 0 amide bonds. The zero-order valence-corrected chi connectivity index (χ0v) is 13.7. The van der Waals surface area contributed by atoms with Crippen molar-refractivity contribution in [2.45, 2.75) is 46.5 Å². The fourth-order valence-electron chi connectivity index (χ4n) is 3.46. The number of piperidine rings is 1. The third-order valence-corrected chi connectivity index (χ3v) is 4.48. The fourth-order valence-corrected chi connectivity index (χ4v) is 3.46.